The first-order valence-corrected chi connectivity index (χ1v) is 7.17. The van der Waals surface area contributed by atoms with Gasteiger partial charge in [0.25, 0.3) is 32.4 Å². The number of aromatic nitrogens is 2. The Kier molecular flexibility index (Phi) is 4.15. The van der Waals surface area contributed by atoms with Gasteiger partial charge in [0, 0.05) is 0 Å². The number of benzene rings is 1. The first-order valence-electron chi connectivity index (χ1n) is 7.17. The molecule has 0 amide bonds. The van der Waals surface area contributed by atoms with Crippen LogP contribution in [0.2, 0.25) is 0 Å². The van der Waals surface area contributed by atoms with Gasteiger partial charge in [-0.1, -0.05) is 0 Å². The summed E-state index contributed by atoms with van der Waals surface area (Å²) in [5.41, 5.74) is -3.47. The van der Waals surface area contributed by atoms with E-state index in [1.165, 1.54) is 0 Å². The molecule has 0 bridgehead atoms. The minimum absolute atomic E-state index is 0.168. The second-order valence-electron chi connectivity index (χ2n) is 5.28. The molecule has 0 saturated carbocycles. The van der Waals surface area contributed by atoms with Crippen molar-refractivity contribution in [3.05, 3.63) is 73.8 Å². The maximum absolute atomic E-state index is 12.3. The fraction of sp³-hybridized carbons (Fsp3) is 0.231. The first kappa shape index (κ1) is 17.7. The molecular formula is C13H8N4O10. The zero-order chi connectivity index (χ0) is 19.9. The van der Waals surface area contributed by atoms with Crippen molar-refractivity contribution in [3.63, 3.8) is 0 Å². The normalized spacial score (nSPS) is 11.1. The first-order chi connectivity index (χ1) is 12.7. The van der Waals surface area contributed by atoms with E-state index in [1.807, 2.05) is 0 Å². The molecule has 0 spiro atoms. The molecule has 3 aromatic rings. The second kappa shape index (κ2) is 6.32. The molecule has 14 heteroatoms. The lowest BCUT2D eigenvalue weighted by Crippen LogP contribution is -2.28. The van der Waals surface area contributed by atoms with Crippen LogP contribution < -0.4 is 22.2 Å². The topological polar surface area (TPSA) is 183 Å². The quantitative estimate of drug-likeness (QED) is 0.338. The SMILES string of the molecule is O=c1c2cc3c(=O)n(CO[N+](=O)[O-])c(=O)c3cc2c(=O)n1CCO[N+](=O)[O-]. The molecule has 0 fully saturated rings. The van der Waals surface area contributed by atoms with Gasteiger partial charge in [0.2, 0.25) is 0 Å². The summed E-state index contributed by atoms with van der Waals surface area (Å²) in [5, 5.41) is 17.4. The van der Waals surface area contributed by atoms with Crippen molar-refractivity contribution in [2.75, 3.05) is 6.61 Å². The molecule has 2 heterocycles. The highest BCUT2D eigenvalue weighted by molar-refractivity contribution is 5.97. The van der Waals surface area contributed by atoms with E-state index in [4.69, 9.17) is 0 Å². The lowest BCUT2D eigenvalue weighted by molar-refractivity contribution is -0.767. The average Bonchev–Trinajstić information content (AvgIpc) is 2.97. The fourth-order valence-electron chi connectivity index (χ4n) is 2.71. The molecule has 14 nitrogen and oxygen atoms in total. The Morgan fingerprint density at radius 1 is 0.741 bits per heavy atom. The van der Waals surface area contributed by atoms with Gasteiger partial charge in [0.15, 0.2) is 6.73 Å². The van der Waals surface area contributed by atoms with Crippen molar-refractivity contribution in [2.24, 2.45) is 0 Å². The van der Waals surface area contributed by atoms with Crippen LogP contribution in [0.15, 0.2) is 31.3 Å². The summed E-state index contributed by atoms with van der Waals surface area (Å²) in [5.74, 6) is 0. The van der Waals surface area contributed by atoms with E-state index in [0.29, 0.717) is 9.13 Å². The van der Waals surface area contributed by atoms with Crippen LogP contribution in [0.1, 0.15) is 0 Å². The molecule has 0 aliphatic heterocycles. The third-order valence-corrected chi connectivity index (χ3v) is 3.86. The molecule has 27 heavy (non-hydrogen) atoms. The Morgan fingerprint density at radius 3 is 1.56 bits per heavy atom. The molecule has 140 valence electrons. The van der Waals surface area contributed by atoms with E-state index >= 15 is 0 Å². The van der Waals surface area contributed by atoms with Gasteiger partial charge < -0.3 is 4.84 Å². The predicted octanol–water partition coefficient (Wildman–Crippen LogP) is -1.71. The van der Waals surface area contributed by atoms with Crippen LogP contribution in [-0.4, -0.2) is 25.9 Å². The van der Waals surface area contributed by atoms with Crippen LogP contribution in [0.5, 0.6) is 0 Å². The highest BCUT2D eigenvalue weighted by Gasteiger charge is 2.19. The van der Waals surface area contributed by atoms with Crippen LogP contribution in [-0.2, 0) is 23.0 Å². The van der Waals surface area contributed by atoms with E-state index in [2.05, 4.69) is 9.68 Å². The number of hydrogen-bond donors (Lipinski definition) is 0. The summed E-state index contributed by atoms with van der Waals surface area (Å²) in [6, 6.07) is 2.07. The third-order valence-electron chi connectivity index (χ3n) is 3.86. The number of hydrogen-bond acceptors (Lipinski definition) is 10. The maximum atomic E-state index is 12.3. The fourth-order valence-corrected chi connectivity index (χ4v) is 2.71. The molecule has 2 aromatic heterocycles. The van der Waals surface area contributed by atoms with Crippen LogP contribution in [0.4, 0.5) is 0 Å². The van der Waals surface area contributed by atoms with Crippen LogP contribution in [0.25, 0.3) is 21.5 Å². The van der Waals surface area contributed by atoms with Crippen molar-refractivity contribution in [3.8, 4) is 0 Å². The van der Waals surface area contributed by atoms with Gasteiger partial charge in [0.05, 0.1) is 28.1 Å². The average molecular weight is 380 g/mol. The minimum Gasteiger partial charge on any atom is -0.312 e. The summed E-state index contributed by atoms with van der Waals surface area (Å²) in [6.45, 7) is -1.87. The molecule has 0 aliphatic carbocycles. The van der Waals surface area contributed by atoms with Gasteiger partial charge >= 0.3 is 0 Å². The third kappa shape index (κ3) is 2.88. The van der Waals surface area contributed by atoms with Crippen molar-refractivity contribution in [2.45, 2.75) is 13.3 Å². The lowest BCUT2D eigenvalue weighted by atomic mass is 10.1. The maximum Gasteiger partial charge on any atom is 0.296 e. The monoisotopic (exact) mass is 380 g/mol. The van der Waals surface area contributed by atoms with Crippen molar-refractivity contribution in [1.29, 1.82) is 0 Å². The van der Waals surface area contributed by atoms with Crippen LogP contribution >= 0.6 is 0 Å². The van der Waals surface area contributed by atoms with Crippen molar-refractivity contribution >= 4 is 21.5 Å². The molecule has 0 atom stereocenters. The smallest absolute Gasteiger partial charge is 0.296 e. The molecule has 0 unspecified atom stereocenters. The Morgan fingerprint density at radius 2 is 1.15 bits per heavy atom. The van der Waals surface area contributed by atoms with E-state index in [1.54, 1.807) is 0 Å². The van der Waals surface area contributed by atoms with E-state index in [0.717, 1.165) is 12.1 Å². The number of nitrogens with zero attached hydrogens (tertiary/aromatic N) is 4. The van der Waals surface area contributed by atoms with Gasteiger partial charge in [-0.25, -0.2) is 4.57 Å². The van der Waals surface area contributed by atoms with Gasteiger partial charge in [-0.3, -0.25) is 28.6 Å². The van der Waals surface area contributed by atoms with E-state index in [9.17, 15) is 39.4 Å². The Labute approximate surface area is 145 Å². The summed E-state index contributed by atoms with van der Waals surface area (Å²) in [7, 11) is 0. The molecule has 0 aliphatic rings. The summed E-state index contributed by atoms with van der Waals surface area (Å²) >= 11 is 0. The molecule has 0 radical (unpaired) electrons. The van der Waals surface area contributed by atoms with Crippen LogP contribution in [0, 0.1) is 20.2 Å². The van der Waals surface area contributed by atoms with Gasteiger partial charge in [0.1, 0.15) is 6.61 Å². The van der Waals surface area contributed by atoms with Crippen molar-refractivity contribution in [1.82, 2.24) is 9.13 Å². The molecular weight excluding hydrogens is 372 g/mol. The summed E-state index contributed by atoms with van der Waals surface area (Å²) in [6.07, 6.45) is 0. The van der Waals surface area contributed by atoms with Gasteiger partial charge in [-0.2, -0.15) is 0 Å². The Balaban J connectivity index is 2.15. The van der Waals surface area contributed by atoms with Crippen LogP contribution in [0.3, 0.4) is 0 Å². The lowest BCUT2D eigenvalue weighted by Gasteiger charge is -1.98. The number of fused-ring (bicyclic) bond motifs is 2. The largest absolute Gasteiger partial charge is 0.312 e. The molecule has 3 rings (SSSR count). The Hall–Kier alpha value is -4.10. The van der Waals surface area contributed by atoms with Gasteiger partial charge in [-0.05, 0) is 12.1 Å². The zero-order valence-electron chi connectivity index (χ0n) is 13.1. The van der Waals surface area contributed by atoms with Crippen molar-refractivity contribution < 1.29 is 19.8 Å². The standard InChI is InChI=1S/C13H8N4O10/c18-10-6-3-8-9(13(21)15(12(8)20)5-27-17(24)25)4-7(6)11(19)14(10)1-2-26-16(22)23/h3-4H,1-2,5H2. The molecule has 1 aromatic carbocycles. The van der Waals surface area contributed by atoms with E-state index in [-0.39, 0.29) is 21.5 Å². The summed E-state index contributed by atoms with van der Waals surface area (Å²) < 4.78 is 1.15. The number of rotatable bonds is 7. The molecule has 0 N–H and O–H groups in total. The van der Waals surface area contributed by atoms with Gasteiger partial charge in [-0.15, -0.1) is 20.2 Å². The second-order valence-corrected chi connectivity index (χ2v) is 5.28. The highest BCUT2D eigenvalue weighted by Crippen LogP contribution is 2.14. The highest BCUT2D eigenvalue weighted by atomic mass is 17.0. The predicted molar refractivity (Wildman–Crippen MR) is 85.9 cm³/mol. The molecule has 0 saturated heterocycles. The van der Waals surface area contributed by atoms with E-state index < -0.39 is 52.3 Å². The summed E-state index contributed by atoms with van der Waals surface area (Å²) in [4.78, 5) is 77.6. The Bertz CT molecular complexity index is 1210. The zero-order valence-corrected chi connectivity index (χ0v) is 13.1. The minimum atomic E-state index is -1.18.